The van der Waals surface area contributed by atoms with E-state index in [1.165, 1.54) is 49.4 Å². The van der Waals surface area contributed by atoms with Gasteiger partial charge in [0.25, 0.3) is 0 Å². The number of aromatic nitrogens is 3. The summed E-state index contributed by atoms with van der Waals surface area (Å²) in [6.45, 7) is 5.44. The molecule has 2 aromatic heterocycles. The summed E-state index contributed by atoms with van der Waals surface area (Å²) in [6, 6.07) is 9.55. The van der Waals surface area contributed by atoms with Crippen LogP contribution in [0.3, 0.4) is 0 Å². The quantitative estimate of drug-likeness (QED) is 0.441. The highest BCUT2D eigenvalue weighted by Crippen LogP contribution is 2.33. The number of nitrogens with one attached hydrogen (secondary N) is 1. The summed E-state index contributed by atoms with van der Waals surface area (Å²) in [5.41, 5.74) is 3.63. The number of nitrogens with zero attached hydrogens (tertiary/aromatic N) is 3. The molecule has 0 bridgehead atoms. The maximum absolute atomic E-state index is 11.8. The van der Waals surface area contributed by atoms with Gasteiger partial charge in [-0.2, -0.15) is 0 Å². The van der Waals surface area contributed by atoms with Crippen molar-refractivity contribution in [2.45, 2.75) is 43.4 Å². The van der Waals surface area contributed by atoms with Crippen molar-refractivity contribution in [1.29, 1.82) is 0 Å². The van der Waals surface area contributed by atoms with E-state index in [4.69, 9.17) is 5.14 Å². The number of halogens is 1. The monoisotopic (exact) mass is 439 g/mol. The number of pyridine rings is 1. The Morgan fingerprint density at radius 2 is 1.81 bits per heavy atom. The second kappa shape index (κ2) is 11.4. The number of allylic oxidation sites excluding steroid dienone is 1. The lowest BCUT2D eigenvalue weighted by Gasteiger charge is -2.09. The van der Waals surface area contributed by atoms with Gasteiger partial charge in [-0.15, -0.1) is 0 Å². The van der Waals surface area contributed by atoms with Crippen LogP contribution in [0.25, 0.3) is 5.57 Å². The lowest BCUT2D eigenvalue weighted by Crippen LogP contribution is -2.00. The van der Waals surface area contributed by atoms with Crippen molar-refractivity contribution < 1.29 is 9.47 Å². The van der Waals surface area contributed by atoms with Gasteiger partial charge in [0.1, 0.15) is 0 Å². The summed E-state index contributed by atoms with van der Waals surface area (Å²) in [6.07, 6.45) is 12.0. The van der Waals surface area contributed by atoms with Gasteiger partial charge in [-0.1, -0.05) is 19.4 Å². The van der Waals surface area contributed by atoms with Gasteiger partial charge in [0.2, 0.25) is 5.95 Å². The van der Waals surface area contributed by atoms with Crippen LogP contribution in [0.2, 0.25) is 0 Å². The molecule has 0 radical (unpaired) electrons. The first kappa shape index (κ1) is 22.7. The van der Waals surface area contributed by atoms with E-state index in [-0.39, 0.29) is 5.75 Å². The first-order valence-corrected chi connectivity index (χ1v) is 10.9. The number of hydrogen-bond acceptors (Lipinski definition) is 7. The molecular formula is C23H26FN5OS. The van der Waals surface area contributed by atoms with E-state index in [0.29, 0.717) is 17.4 Å². The van der Waals surface area contributed by atoms with Crippen LogP contribution in [-0.2, 0) is 0 Å². The summed E-state index contributed by atoms with van der Waals surface area (Å²) in [5, 5.41) is 8.70. The Morgan fingerprint density at radius 3 is 2.35 bits per heavy atom. The highest BCUT2D eigenvalue weighted by Gasteiger charge is 2.17. The fourth-order valence-corrected chi connectivity index (χ4v) is 3.71. The standard InChI is InChI=1S/C15H18N4S.C8H8FNO/c16-20-14-7-5-13(6-8-14)19-15-17-9-12(10-18-15)11-3-1-2-4-11;1-6(2)7-3-4-10-5-8(7)11-9/h5-11H,1-4,16H2,(H,17,18,19);3-5H,1H2,2H3. The van der Waals surface area contributed by atoms with Crippen molar-refractivity contribution in [3.8, 4) is 5.75 Å². The third-order valence-corrected chi connectivity index (χ3v) is 5.62. The molecule has 162 valence electrons. The zero-order valence-electron chi connectivity index (χ0n) is 17.4. The van der Waals surface area contributed by atoms with Crippen LogP contribution in [0.1, 0.15) is 49.7 Å². The van der Waals surface area contributed by atoms with E-state index in [1.807, 2.05) is 36.7 Å². The zero-order chi connectivity index (χ0) is 22.1. The summed E-state index contributed by atoms with van der Waals surface area (Å²) in [4.78, 5) is 17.1. The van der Waals surface area contributed by atoms with E-state index in [9.17, 15) is 4.53 Å². The molecule has 1 aliphatic rings. The maximum Gasteiger partial charge on any atom is 0.227 e. The molecule has 0 aliphatic heterocycles. The fourth-order valence-electron chi connectivity index (χ4n) is 3.41. The topological polar surface area (TPSA) is 86.0 Å². The molecule has 2 heterocycles. The van der Waals surface area contributed by atoms with Crippen LogP contribution < -0.4 is 15.4 Å². The molecule has 8 heteroatoms. The molecule has 1 aliphatic carbocycles. The fraction of sp³-hybridized carbons (Fsp3) is 0.261. The van der Waals surface area contributed by atoms with Gasteiger partial charge >= 0.3 is 0 Å². The third kappa shape index (κ3) is 6.50. The average Bonchev–Trinajstić information content (AvgIpc) is 3.35. The van der Waals surface area contributed by atoms with Crippen LogP contribution in [-0.4, -0.2) is 15.0 Å². The molecule has 0 spiro atoms. The van der Waals surface area contributed by atoms with Crippen LogP contribution in [0.5, 0.6) is 5.75 Å². The molecule has 31 heavy (non-hydrogen) atoms. The average molecular weight is 440 g/mol. The minimum atomic E-state index is 0.111. The zero-order valence-corrected chi connectivity index (χ0v) is 18.2. The number of nitrogens with two attached hydrogens (primary N) is 1. The summed E-state index contributed by atoms with van der Waals surface area (Å²) >= 11 is 1.24. The van der Waals surface area contributed by atoms with E-state index >= 15 is 0 Å². The minimum Gasteiger partial charge on any atom is -0.324 e. The van der Waals surface area contributed by atoms with Gasteiger partial charge < -0.3 is 5.32 Å². The summed E-state index contributed by atoms with van der Waals surface area (Å²) < 4.78 is 11.8. The Balaban J connectivity index is 0.000000210. The second-order valence-corrected chi connectivity index (χ2v) is 8.03. The second-order valence-electron chi connectivity index (χ2n) is 7.32. The van der Waals surface area contributed by atoms with Crippen molar-refractivity contribution >= 4 is 29.2 Å². The van der Waals surface area contributed by atoms with Gasteiger partial charge in [-0.3, -0.25) is 15.1 Å². The van der Waals surface area contributed by atoms with Crippen LogP contribution in [0.4, 0.5) is 16.2 Å². The molecule has 4 rings (SSSR count). The molecule has 3 N–H and O–H groups in total. The molecule has 0 atom stereocenters. The Kier molecular flexibility index (Phi) is 8.37. The highest BCUT2D eigenvalue weighted by molar-refractivity contribution is 7.97. The molecule has 0 amide bonds. The van der Waals surface area contributed by atoms with Crippen LogP contribution in [0.15, 0.2) is 66.6 Å². The van der Waals surface area contributed by atoms with Gasteiger partial charge in [0, 0.05) is 39.3 Å². The molecule has 6 nitrogen and oxygen atoms in total. The van der Waals surface area contributed by atoms with Crippen molar-refractivity contribution in [2.24, 2.45) is 5.14 Å². The molecule has 0 saturated heterocycles. The van der Waals surface area contributed by atoms with E-state index in [2.05, 4.69) is 31.8 Å². The predicted octanol–water partition coefficient (Wildman–Crippen LogP) is 6.22. The van der Waals surface area contributed by atoms with Crippen LogP contribution in [0, 0.1) is 0 Å². The SMILES string of the molecule is C=C(C)c1ccncc1OF.NSc1ccc(Nc2ncc(C3CCCC3)cn2)cc1. The lowest BCUT2D eigenvalue weighted by molar-refractivity contribution is -0.00696. The number of rotatable bonds is 6. The molecule has 3 aromatic rings. The Morgan fingerprint density at radius 1 is 1.13 bits per heavy atom. The minimum absolute atomic E-state index is 0.111. The predicted molar refractivity (Wildman–Crippen MR) is 124 cm³/mol. The smallest absolute Gasteiger partial charge is 0.227 e. The summed E-state index contributed by atoms with van der Waals surface area (Å²) in [5.74, 6) is 1.41. The van der Waals surface area contributed by atoms with E-state index in [0.717, 1.165) is 16.2 Å². The number of hydrogen-bond donors (Lipinski definition) is 2. The molecule has 1 aromatic carbocycles. The lowest BCUT2D eigenvalue weighted by atomic mass is 10.0. The van der Waals surface area contributed by atoms with Gasteiger partial charge in [0.05, 0.1) is 6.20 Å². The Hall–Kier alpha value is -2.97. The van der Waals surface area contributed by atoms with Crippen molar-refractivity contribution in [3.05, 3.63) is 72.8 Å². The van der Waals surface area contributed by atoms with Gasteiger partial charge in [0.15, 0.2) is 5.75 Å². The van der Waals surface area contributed by atoms with E-state index in [1.54, 1.807) is 19.2 Å². The normalized spacial score (nSPS) is 13.3. The molecular weight excluding hydrogens is 413 g/mol. The molecule has 1 fully saturated rings. The Bertz CT molecular complexity index is 976. The molecule has 0 unspecified atom stereocenters. The van der Waals surface area contributed by atoms with Gasteiger partial charge in [-0.05, 0) is 79.1 Å². The number of benzene rings is 1. The largest absolute Gasteiger partial charge is 0.324 e. The molecule has 1 saturated carbocycles. The third-order valence-electron chi connectivity index (χ3n) is 5.07. The van der Waals surface area contributed by atoms with E-state index < -0.39 is 0 Å². The van der Waals surface area contributed by atoms with Crippen LogP contribution >= 0.6 is 11.9 Å². The Labute approximate surface area is 186 Å². The first-order valence-electron chi connectivity index (χ1n) is 10.0. The number of anilines is 2. The van der Waals surface area contributed by atoms with Gasteiger partial charge in [-0.25, -0.2) is 9.97 Å². The van der Waals surface area contributed by atoms with Crippen molar-refractivity contribution in [3.63, 3.8) is 0 Å². The van der Waals surface area contributed by atoms with Crippen molar-refractivity contribution in [2.75, 3.05) is 5.32 Å². The summed E-state index contributed by atoms with van der Waals surface area (Å²) in [7, 11) is 0. The highest BCUT2D eigenvalue weighted by atomic mass is 32.2. The first-order chi connectivity index (χ1) is 15.1. The maximum atomic E-state index is 11.8. The van der Waals surface area contributed by atoms with Crippen molar-refractivity contribution in [1.82, 2.24) is 15.0 Å².